The molecular weight excluding hydrogens is 261 g/mol. The second-order valence-corrected chi connectivity index (χ2v) is 4.53. The van der Waals surface area contributed by atoms with Crippen LogP contribution in [0.5, 0.6) is 0 Å². The molecule has 0 saturated heterocycles. The number of benzene rings is 2. The lowest BCUT2D eigenvalue weighted by atomic mass is 10.2. The van der Waals surface area contributed by atoms with Crippen molar-refractivity contribution in [1.29, 1.82) is 0 Å². The highest BCUT2D eigenvalue weighted by Gasteiger charge is 2.11. The highest BCUT2D eigenvalue weighted by Crippen LogP contribution is 2.32. The maximum absolute atomic E-state index is 13.4. The highest BCUT2D eigenvalue weighted by atomic mass is 32.2. The van der Waals surface area contributed by atoms with Crippen molar-refractivity contribution >= 4 is 18.0 Å². The van der Waals surface area contributed by atoms with E-state index in [-0.39, 0.29) is 15.4 Å². The number of carbonyl (C=O) groups excluding carboxylic acids is 1. The van der Waals surface area contributed by atoms with Crippen LogP contribution in [0.15, 0.2) is 46.2 Å². The molecule has 0 aliphatic carbocycles. The van der Waals surface area contributed by atoms with Crippen molar-refractivity contribution in [3.05, 3.63) is 59.4 Å². The van der Waals surface area contributed by atoms with Crippen LogP contribution < -0.4 is 0 Å². The van der Waals surface area contributed by atoms with Crippen molar-refractivity contribution < 1.29 is 18.0 Å². The number of halogens is 3. The van der Waals surface area contributed by atoms with Crippen LogP contribution >= 0.6 is 11.8 Å². The predicted molar refractivity (Wildman–Crippen MR) is 62.3 cm³/mol. The summed E-state index contributed by atoms with van der Waals surface area (Å²) >= 11 is 0.807. The molecule has 0 aromatic heterocycles. The maximum Gasteiger partial charge on any atom is 0.154 e. The molecule has 0 heterocycles. The summed E-state index contributed by atoms with van der Waals surface area (Å²) in [6.45, 7) is 0. The Bertz CT molecular complexity index is 599. The minimum Gasteiger partial charge on any atom is -0.298 e. The van der Waals surface area contributed by atoms with Gasteiger partial charge in [-0.25, -0.2) is 13.2 Å². The maximum atomic E-state index is 13.4. The minimum absolute atomic E-state index is 0.00343. The van der Waals surface area contributed by atoms with E-state index >= 15 is 0 Å². The lowest BCUT2D eigenvalue weighted by Crippen LogP contribution is -1.92. The number of aldehydes is 1. The molecule has 0 spiro atoms. The van der Waals surface area contributed by atoms with Crippen LogP contribution in [0.4, 0.5) is 13.2 Å². The number of hydrogen-bond acceptors (Lipinski definition) is 2. The fraction of sp³-hybridized carbons (Fsp3) is 0. The van der Waals surface area contributed by atoms with Crippen molar-refractivity contribution in [3.8, 4) is 0 Å². The zero-order valence-electron chi connectivity index (χ0n) is 8.99. The van der Waals surface area contributed by atoms with Gasteiger partial charge in [0.05, 0.1) is 10.5 Å². The van der Waals surface area contributed by atoms with E-state index in [9.17, 15) is 18.0 Å². The third-order valence-corrected chi connectivity index (χ3v) is 3.35. The minimum atomic E-state index is -0.688. The van der Waals surface area contributed by atoms with Gasteiger partial charge in [-0.3, -0.25) is 4.79 Å². The van der Waals surface area contributed by atoms with Crippen LogP contribution in [0.3, 0.4) is 0 Å². The zero-order valence-corrected chi connectivity index (χ0v) is 9.81. The average molecular weight is 268 g/mol. The summed E-state index contributed by atoms with van der Waals surface area (Å²) in [4.78, 5) is 11.0. The van der Waals surface area contributed by atoms with Crippen molar-refractivity contribution in [2.24, 2.45) is 0 Å². The summed E-state index contributed by atoms with van der Waals surface area (Å²) in [5.74, 6) is -1.91. The summed E-state index contributed by atoms with van der Waals surface area (Å²) in [6.07, 6.45) is 0.356. The van der Waals surface area contributed by atoms with Crippen LogP contribution in [-0.4, -0.2) is 6.29 Å². The smallest absolute Gasteiger partial charge is 0.154 e. The Hall–Kier alpha value is -1.75. The molecule has 0 radical (unpaired) electrons. The molecule has 0 saturated carbocycles. The van der Waals surface area contributed by atoms with E-state index in [0.29, 0.717) is 6.29 Å². The molecule has 2 aromatic rings. The Morgan fingerprint density at radius 1 is 0.944 bits per heavy atom. The Labute approximate surface area is 106 Å². The van der Waals surface area contributed by atoms with Gasteiger partial charge in [-0.05, 0) is 30.3 Å². The van der Waals surface area contributed by atoms with Crippen LogP contribution in [0, 0.1) is 17.5 Å². The molecule has 0 amide bonds. The zero-order chi connectivity index (χ0) is 13.1. The third-order valence-electron chi connectivity index (χ3n) is 2.24. The van der Waals surface area contributed by atoms with E-state index in [1.54, 1.807) is 0 Å². The lowest BCUT2D eigenvalue weighted by Gasteiger charge is -2.06. The van der Waals surface area contributed by atoms with Gasteiger partial charge in [0.1, 0.15) is 17.5 Å². The fourth-order valence-corrected chi connectivity index (χ4v) is 2.37. The molecule has 0 aliphatic rings. The summed E-state index contributed by atoms with van der Waals surface area (Å²) in [5.41, 5.74) is -0.161. The van der Waals surface area contributed by atoms with Crippen molar-refractivity contribution in [2.45, 2.75) is 9.79 Å². The molecule has 2 rings (SSSR count). The first-order valence-corrected chi connectivity index (χ1v) is 5.80. The molecule has 0 fully saturated rings. The number of hydrogen-bond donors (Lipinski definition) is 0. The van der Waals surface area contributed by atoms with E-state index in [4.69, 9.17) is 0 Å². The molecule has 5 heteroatoms. The van der Waals surface area contributed by atoms with E-state index in [1.807, 2.05) is 0 Å². The molecule has 0 N–H and O–H groups in total. The van der Waals surface area contributed by atoms with Gasteiger partial charge in [0.25, 0.3) is 0 Å². The molecular formula is C13H7F3OS. The van der Waals surface area contributed by atoms with Gasteiger partial charge in [0.2, 0.25) is 0 Å². The molecule has 1 nitrogen and oxygen atoms in total. The number of rotatable bonds is 3. The first kappa shape index (κ1) is 12.7. The molecule has 0 bridgehead atoms. The van der Waals surface area contributed by atoms with Crippen LogP contribution in [-0.2, 0) is 0 Å². The Kier molecular flexibility index (Phi) is 3.72. The van der Waals surface area contributed by atoms with Crippen LogP contribution in [0.1, 0.15) is 10.4 Å². The monoisotopic (exact) mass is 268 g/mol. The second kappa shape index (κ2) is 5.27. The Morgan fingerprint density at radius 3 is 2.44 bits per heavy atom. The SMILES string of the molecule is O=Cc1c(F)cccc1Sc1cc(F)ccc1F. The summed E-state index contributed by atoms with van der Waals surface area (Å²) in [5, 5.41) is 0. The summed E-state index contributed by atoms with van der Waals surface area (Å²) in [6, 6.07) is 6.99. The molecule has 0 aliphatic heterocycles. The first-order valence-electron chi connectivity index (χ1n) is 4.98. The van der Waals surface area contributed by atoms with Crippen molar-refractivity contribution in [1.82, 2.24) is 0 Å². The Morgan fingerprint density at radius 2 is 1.72 bits per heavy atom. The molecule has 2 aromatic carbocycles. The summed E-state index contributed by atoms with van der Waals surface area (Å²) in [7, 11) is 0. The topological polar surface area (TPSA) is 17.1 Å². The van der Waals surface area contributed by atoms with Crippen LogP contribution in [0.2, 0.25) is 0 Å². The average Bonchev–Trinajstić information content (AvgIpc) is 2.34. The molecule has 0 atom stereocenters. The standard InChI is InChI=1S/C13H7F3OS/c14-8-4-5-11(16)13(6-8)18-12-3-1-2-10(15)9(12)7-17/h1-7H. The van der Waals surface area contributed by atoms with Crippen molar-refractivity contribution in [3.63, 3.8) is 0 Å². The van der Waals surface area contributed by atoms with E-state index in [1.165, 1.54) is 12.1 Å². The van der Waals surface area contributed by atoms with Crippen molar-refractivity contribution in [2.75, 3.05) is 0 Å². The van der Waals surface area contributed by atoms with Gasteiger partial charge in [-0.15, -0.1) is 0 Å². The van der Waals surface area contributed by atoms with Crippen LogP contribution in [0.25, 0.3) is 0 Å². The molecule has 92 valence electrons. The lowest BCUT2D eigenvalue weighted by molar-refractivity contribution is 0.111. The third kappa shape index (κ3) is 2.56. The quantitative estimate of drug-likeness (QED) is 0.781. The van der Waals surface area contributed by atoms with E-state index < -0.39 is 17.5 Å². The fourth-order valence-electron chi connectivity index (χ4n) is 1.39. The second-order valence-electron chi connectivity index (χ2n) is 3.45. The molecule has 0 unspecified atom stereocenters. The van der Waals surface area contributed by atoms with E-state index in [2.05, 4.69) is 0 Å². The largest absolute Gasteiger partial charge is 0.298 e. The Balaban J connectivity index is 2.43. The normalized spacial score (nSPS) is 10.4. The number of carbonyl (C=O) groups is 1. The first-order chi connectivity index (χ1) is 8.61. The van der Waals surface area contributed by atoms with Gasteiger partial charge in [0, 0.05) is 4.90 Å². The van der Waals surface area contributed by atoms with Gasteiger partial charge >= 0.3 is 0 Å². The highest BCUT2D eigenvalue weighted by molar-refractivity contribution is 7.99. The summed E-state index contributed by atoms with van der Waals surface area (Å²) < 4.78 is 39.7. The van der Waals surface area contributed by atoms with Gasteiger partial charge in [-0.2, -0.15) is 0 Å². The van der Waals surface area contributed by atoms with Gasteiger partial charge in [0.15, 0.2) is 6.29 Å². The van der Waals surface area contributed by atoms with Gasteiger partial charge < -0.3 is 0 Å². The predicted octanol–water partition coefficient (Wildman–Crippen LogP) is 4.07. The van der Waals surface area contributed by atoms with Gasteiger partial charge in [-0.1, -0.05) is 17.8 Å². The molecule has 18 heavy (non-hydrogen) atoms. The van der Waals surface area contributed by atoms with E-state index in [0.717, 1.165) is 36.0 Å².